The number of aliphatic hydroxyl groups is 4. The van der Waals surface area contributed by atoms with Gasteiger partial charge in [0.15, 0.2) is 6.29 Å². The Morgan fingerprint density at radius 3 is 1.71 bits per heavy atom. The van der Waals surface area contributed by atoms with Gasteiger partial charge in [-0.1, -0.05) is 187 Å². The number of nitrogens with one attached hydrogen (secondary N) is 1. The van der Waals surface area contributed by atoms with Crippen molar-refractivity contribution in [3.63, 3.8) is 0 Å². The predicted octanol–water partition coefficient (Wildman–Crippen LogP) is 9.65. The number of quaternary nitrogens is 1. The fourth-order valence-electron chi connectivity index (χ4n) is 7.79. The van der Waals surface area contributed by atoms with E-state index in [1.165, 1.54) is 128 Å². The Balaban J connectivity index is 2.61. The number of allylic oxidation sites excluding steroid dienone is 1. The quantitative estimate of drug-likeness (QED) is 0.0148. The van der Waals surface area contributed by atoms with Crippen LogP contribution < -0.4 is 5.32 Å². The Morgan fingerprint density at radius 2 is 1.21 bits per heavy atom. The van der Waals surface area contributed by atoms with Gasteiger partial charge in [0.05, 0.1) is 46.5 Å². The summed E-state index contributed by atoms with van der Waals surface area (Å²) < 4.78 is 34.7. The summed E-state index contributed by atoms with van der Waals surface area (Å²) in [6.07, 6.45) is 28.0. The molecule has 0 aromatic carbocycles. The minimum atomic E-state index is -4.52. The lowest BCUT2D eigenvalue weighted by molar-refractivity contribution is -0.870. The molecule has 63 heavy (non-hydrogen) atoms. The van der Waals surface area contributed by atoms with Gasteiger partial charge in [-0.3, -0.25) is 13.8 Å². The predicted molar refractivity (Wildman–Crippen MR) is 254 cm³/mol. The van der Waals surface area contributed by atoms with E-state index in [4.69, 9.17) is 18.5 Å². The third-order valence-corrected chi connectivity index (χ3v) is 13.0. The molecule has 1 saturated heterocycles. The molecule has 13 nitrogen and oxygen atoms in total. The first kappa shape index (κ1) is 60.1. The number of phosphoric acid groups is 1. The Hall–Kier alpha value is -0.960. The lowest BCUT2D eigenvalue weighted by Gasteiger charge is -2.40. The van der Waals surface area contributed by atoms with Crippen molar-refractivity contribution in [1.82, 2.24) is 5.32 Å². The van der Waals surface area contributed by atoms with E-state index in [0.717, 1.165) is 50.9 Å². The molecule has 14 heteroatoms. The maximum atomic E-state index is 13.1. The first-order valence-corrected chi connectivity index (χ1v) is 26.9. The molecular weight excluding hydrogens is 824 g/mol. The van der Waals surface area contributed by atoms with E-state index in [1.807, 2.05) is 27.2 Å². The maximum Gasteiger partial charge on any atom is 0.472 e. The molecular formula is C49H98N2O11P+. The molecule has 0 radical (unpaired) electrons. The number of rotatable bonds is 42. The fourth-order valence-corrected chi connectivity index (χ4v) is 8.51. The number of phosphoric ester groups is 1. The van der Waals surface area contributed by atoms with Crippen molar-refractivity contribution in [3.05, 3.63) is 12.2 Å². The number of hydrogen-bond donors (Lipinski definition) is 6. The Kier molecular flexibility index (Phi) is 35.3. The molecule has 1 amide bonds. The summed E-state index contributed by atoms with van der Waals surface area (Å²) in [5.74, 6) is 0.549. The molecule has 1 unspecified atom stereocenters. The normalized spacial score (nSPS) is 21.6. The highest BCUT2D eigenvalue weighted by Gasteiger charge is 2.45. The standard InChI is InChI=1S/C49H97N2O11P/c1-7-8-9-10-11-12-13-14-15-16-17-18-19-24-27-30-33-36-45(53)50-42(43(52)35-32-29-26-23-21-20-22-25-28-31-34-41(2)3)39-59-49-48(56)47(55)46(54)44(62-49)40-61-63(57,58)60-38-37-51(4,5)6/h32,35,41-44,46-49,52,54-56H,7-31,33-34,36-40H2,1-6H3,(H-,50,53,57,58)/p+1/b35-32+/t42-,43+,44+,46-,47-,48+,49+/m0/s1. The van der Waals surface area contributed by atoms with Crippen LogP contribution >= 0.6 is 7.82 Å². The molecule has 0 bridgehead atoms. The van der Waals surface area contributed by atoms with Gasteiger partial charge in [0.1, 0.15) is 37.6 Å². The zero-order valence-corrected chi connectivity index (χ0v) is 41.9. The number of hydrogen-bond acceptors (Lipinski definition) is 10. The summed E-state index contributed by atoms with van der Waals surface area (Å²) >= 11 is 0. The van der Waals surface area contributed by atoms with Crippen molar-refractivity contribution in [2.45, 2.75) is 243 Å². The van der Waals surface area contributed by atoms with E-state index in [9.17, 15) is 34.7 Å². The molecule has 8 atom stereocenters. The number of amides is 1. The summed E-state index contributed by atoms with van der Waals surface area (Å²) in [4.78, 5) is 23.3. The average molecular weight is 922 g/mol. The zero-order valence-electron chi connectivity index (χ0n) is 41.0. The number of ether oxygens (including phenoxy) is 2. The van der Waals surface area contributed by atoms with Crippen LogP contribution in [0.2, 0.25) is 0 Å². The molecule has 6 N–H and O–H groups in total. The van der Waals surface area contributed by atoms with Gasteiger partial charge in [-0.15, -0.1) is 0 Å². The highest BCUT2D eigenvalue weighted by Crippen LogP contribution is 2.43. The molecule has 0 aliphatic carbocycles. The van der Waals surface area contributed by atoms with Crippen LogP contribution in [0.5, 0.6) is 0 Å². The minimum absolute atomic E-state index is 0.0550. The molecule has 374 valence electrons. The van der Waals surface area contributed by atoms with Gasteiger partial charge in [0, 0.05) is 6.42 Å². The van der Waals surface area contributed by atoms with Crippen LogP contribution in [-0.4, -0.2) is 126 Å². The van der Waals surface area contributed by atoms with Gasteiger partial charge >= 0.3 is 7.82 Å². The van der Waals surface area contributed by atoms with Crippen molar-refractivity contribution < 1.29 is 57.7 Å². The number of aliphatic hydroxyl groups excluding tert-OH is 4. The molecule has 1 heterocycles. The lowest BCUT2D eigenvalue weighted by Crippen LogP contribution is -2.60. The minimum Gasteiger partial charge on any atom is -0.387 e. The van der Waals surface area contributed by atoms with E-state index in [-0.39, 0.29) is 19.1 Å². The first-order valence-electron chi connectivity index (χ1n) is 25.4. The topological polar surface area (TPSA) is 184 Å². The van der Waals surface area contributed by atoms with Crippen molar-refractivity contribution in [3.8, 4) is 0 Å². The van der Waals surface area contributed by atoms with Crippen LogP contribution in [0.3, 0.4) is 0 Å². The summed E-state index contributed by atoms with van der Waals surface area (Å²) in [5, 5.41) is 46.1. The number of carbonyl (C=O) groups excluding carboxylic acids is 1. The molecule has 0 aromatic heterocycles. The van der Waals surface area contributed by atoms with E-state index in [0.29, 0.717) is 17.4 Å². The van der Waals surface area contributed by atoms with Crippen LogP contribution in [0.15, 0.2) is 12.2 Å². The highest BCUT2D eigenvalue weighted by molar-refractivity contribution is 7.47. The third kappa shape index (κ3) is 33.2. The second kappa shape index (κ2) is 37.1. The molecule has 1 fully saturated rings. The Labute approximate surface area is 384 Å². The van der Waals surface area contributed by atoms with E-state index in [1.54, 1.807) is 6.08 Å². The molecule has 1 rings (SSSR count). The van der Waals surface area contributed by atoms with Crippen molar-refractivity contribution in [2.24, 2.45) is 5.92 Å². The molecule has 1 aliphatic rings. The van der Waals surface area contributed by atoms with E-state index < -0.39 is 57.3 Å². The van der Waals surface area contributed by atoms with Gasteiger partial charge in [0.25, 0.3) is 0 Å². The summed E-state index contributed by atoms with van der Waals surface area (Å²) in [6.45, 7) is 6.28. The average Bonchev–Trinajstić information content (AvgIpc) is 3.22. The number of likely N-dealkylation sites (N-methyl/N-ethyl adjacent to an activating group) is 1. The summed E-state index contributed by atoms with van der Waals surface area (Å²) in [7, 11) is 1.18. The molecule has 1 aliphatic heterocycles. The van der Waals surface area contributed by atoms with Crippen LogP contribution in [0.1, 0.15) is 201 Å². The van der Waals surface area contributed by atoms with Gasteiger partial charge < -0.3 is 44.6 Å². The highest BCUT2D eigenvalue weighted by atomic mass is 31.2. The van der Waals surface area contributed by atoms with Gasteiger partial charge in [-0.25, -0.2) is 4.57 Å². The first-order chi connectivity index (χ1) is 30.1. The second-order valence-electron chi connectivity index (χ2n) is 19.8. The monoisotopic (exact) mass is 922 g/mol. The number of carbonyl (C=O) groups is 1. The largest absolute Gasteiger partial charge is 0.472 e. The van der Waals surface area contributed by atoms with Crippen molar-refractivity contribution >= 4 is 13.7 Å². The lowest BCUT2D eigenvalue weighted by atomic mass is 9.99. The zero-order chi connectivity index (χ0) is 46.8. The van der Waals surface area contributed by atoms with Crippen LogP contribution in [0.4, 0.5) is 0 Å². The summed E-state index contributed by atoms with van der Waals surface area (Å²) in [5.41, 5.74) is 0. The number of nitrogens with zero attached hydrogens (tertiary/aromatic N) is 1. The SMILES string of the molecule is CCCCCCCCCCCCCCCCCCCC(=O)N[C@@H](CO[C@@H]1O[C@H](COP(=O)(O)OCC[N+](C)(C)C)[C@H](O)[C@H](O)[C@H]1O)[C@H](O)/C=C/CCCCCCCCCCC(C)C. The Bertz CT molecular complexity index is 1170. The van der Waals surface area contributed by atoms with Gasteiger partial charge in [-0.05, 0) is 25.2 Å². The third-order valence-electron chi connectivity index (χ3n) is 12.0. The van der Waals surface area contributed by atoms with E-state index >= 15 is 0 Å². The van der Waals surface area contributed by atoms with Crippen LogP contribution in [-0.2, 0) is 27.9 Å². The van der Waals surface area contributed by atoms with Crippen LogP contribution in [0, 0.1) is 5.92 Å². The maximum absolute atomic E-state index is 13.1. The van der Waals surface area contributed by atoms with E-state index in [2.05, 4.69) is 26.1 Å². The fraction of sp³-hybridized carbons (Fsp3) is 0.939. The van der Waals surface area contributed by atoms with Gasteiger partial charge in [-0.2, -0.15) is 0 Å². The summed E-state index contributed by atoms with van der Waals surface area (Å²) in [6, 6.07) is -0.892. The number of unbranched alkanes of at least 4 members (excludes halogenated alkanes) is 24. The smallest absolute Gasteiger partial charge is 0.387 e. The van der Waals surface area contributed by atoms with Crippen LogP contribution in [0.25, 0.3) is 0 Å². The second-order valence-corrected chi connectivity index (χ2v) is 21.2. The molecule has 0 saturated carbocycles. The Morgan fingerprint density at radius 1 is 0.714 bits per heavy atom. The molecule has 0 spiro atoms. The van der Waals surface area contributed by atoms with Crippen molar-refractivity contribution in [1.29, 1.82) is 0 Å². The van der Waals surface area contributed by atoms with Gasteiger partial charge in [0.2, 0.25) is 5.91 Å². The molecule has 0 aromatic rings. The van der Waals surface area contributed by atoms with Crippen molar-refractivity contribution in [2.75, 3.05) is 47.5 Å².